The quantitative estimate of drug-likeness (QED) is 0.0272. The van der Waals surface area contributed by atoms with Crippen molar-refractivity contribution in [3.63, 3.8) is 0 Å². The van der Waals surface area contributed by atoms with E-state index in [1.807, 2.05) is 0 Å². The van der Waals surface area contributed by atoms with Crippen molar-refractivity contribution >= 4 is 17.9 Å². The molecule has 8 nitrogen and oxygen atoms in total. The summed E-state index contributed by atoms with van der Waals surface area (Å²) in [5, 5.41) is 11.6. The average molecular weight is 756 g/mol. The molecular weight excluding hydrogens is 679 g/mol. The lowest BCUT2D eigenvalue weighted by Gasteiger charge is -2.34. The SMILES string of the molecule is CC/C=C/C/C=C/C/C=C/CCCCCCCCC(=O)OCC(COCCC(C(=O)[O-])[N+](C)(C)C)OC(=O)CCCCCC/C=C/C/C=C/C/C=C/CC. The fourth-order valence-corrected chi connectivity index (χ4v) is 5.63. The van der Waals surface area contributed by atoms with Crippen LogP contribution >= 0.6 is 0 Å². The maximum Gasteiger partial charge on any atom is 0.306 e. The molecule has 0 aromatic rings. The Morgan fingerprint density at radius 2 is 0.981 bits per heavy atom. The highest BCUT2D eigenvalue weighted by molar-refractivity contribution is 5.70. The summed E-state index contributed by atoms with van der Waals surface area (Å²) in [6.45, 7) is 4.38. The summed E-state index contributed by atoms with van der Waals surface area (Å²) < 4.78 is 17.1. The van der Waals surface area contributed by atoms with Crippen LogP contribution in [0.2, 0.25) is 0 Å². The molecule has 0 aromatic carbocycles. The van der Waals surface area contributed by atoms with Crippen LogP contribution in [0.4, 0.5) is 0 Å². The summed E-state index contributed by atoms with van der Waals surface area (Å²) in [5.74, 6) is -1.79. The molecule has 0 aliphatic rings. The number of quaternary nitrogens is 1. The maximum absolute atomic E-state index is 12.7. The van der Waals surface area contributed by atoms with Gasteiger partial charge in [0.05, 0.1) is 40.3 Å². The van der Waals surface area contributed by atoms with Gasteiger partial charge in [0, 0.05) is 19.3 Å². The van der Waals surface area contributed by atoms with Gasteiger partial charge in [-0.15, -0.1) is 0 Å². The minimum absolute atomic E-state index is 0.0232. The van der Waals surface area contributed by atoms with E-state index in [1.54, 1.807) is 21.1 Å². The van der Waals surface area contributed by atoms with Gasteiger partial charge in [-0.1, -0.05) is 125 Å². The molecule has 0 heterocycles. The van der Waals surface area contributed by atoms with Gasteiger partial charge in [0.25, 0.3) is 0 Å². The first-order chi connectivity index (χ1) is 26.1. The third-order valence-electron chi connectivity index (χ3n) is 8.84. The third kappa shape index (κ3) is 34.5. The molecular formula is C46H77NO7. The Morgan fingerprint density at radius 1 is 0.556 bits per heavy atom. The fraction of sp³-hybridized carbons (Fsp3) is 0.674. The zero-order valence-electron chi connectivity index (χ0n) is 34.9. The van der Waals surface area contributed by atoms with E-state index in [-0.39, 0.29) is 49.1 Å². The molecule has 0 N–H and O–H groups in total. The van der Waals surface area contributed by atoms with Crippen molar-refractivity contribution in [1.29, 1.82) is 0 Å². The highest BCUT2D eigenvalue weighted by Gasteiger charge is 2.25. The van der Waals surface area contributed by atoms with Crippen LogP contribution in [-0.4, -0.2) is 75.5 Å². The van der Waals surface area contributed by atoms with Crippen LogP contribution in [0.3, 0.4) is 0 Å². The molecule has 0 saturated carbocycles. The maximum atomic E-state index is 12.7. The molecule has 54 heavy (non-hydrogen) atoms. The van der Waals surface area contributed by atoms with Gasteiger partial charge >= 0.3 is 11.9 Å². The number of carbonyl (C=O) groups is 3. The summed E-state index contributed by atoms with van der Waals surface area (Å²) >= 11 is 0. The number of nitrogens with zero attached hydrogens (tertiary/aromatic N) is 1. The van der Waals surface area contributed by atoms with Crippen molar-refractivity contribution in [2.24, 2.45) is 0 Å². The minimum atomic E-state index is -1.13. The molecule has 0 bridgehead atoms. The van der Waals surface area contributed by atoms with E-state index >= 15 is 0 Å². The van der Waals surface area contributed by atoms with E-state index in [1.165, 1.54) is 12.8 Å². The molecule has 0 rings (SSSR count). The second-order valence-corrected chi connectivity index (χ2v) is 14.8. The van der Waals surface area contributed by atoms with E-state index in [2.05, 4.69) is 86.8 Å². The van der Waals surface area contributed by atoms with E-state index in [9.17, 15) is 19.5 Å². The summed E-state index contributed by atoms with van der Waals surface area (Å²) in [6, 6.07) is -0.735. The van der Waals surface area contributed by atoms with E-state index in [0.717, 1.165) is 103 Å². The molecule has 0 aliphatic carbocycles. The largest absolute Gasteiger partial charge is 0.544 e. The number of rotatable bonds is 36. The van der Waals surface area contributed by atoms with Crippen molar-refractivity contribution in [1.82, 2.24) is 0 Å². The predicted octanol–water partition coefficient (Wildman–Crippen LogP) is 9.85. The van der Waals surface area contributed by atoms with Crippen molar-refractivity contribution in [3.8, 4) is 0 Å². The summed E-state index contributed by atoms with van der Waals surface area (Å²) in [7, 11) is 5.38. The molecule has 2 unspecified atom stereocenters. The van der Waals surface area contributed by atoms with Gasteiger partial charge in [-0.05, 0) is 77.0 Å². The summed E-state index contributed by atoms with van der Waals surface area (Å²) in [6.07, 6.45) is 44.9. The average Bonchev–Trinajstić information content (AvgIpc) is 3.12. The van der Waals surface area contributed by atoms with E-state index in [4.69, 9.17) is 14.2 Å². The molecule has 0 radical (unpaired) electrons. The number of unbranched alkanes of at least 4 members (excludes halogenated alkanes) is 10. The fourth-order valence-electron chi connectivity index (χ4n) is 5.63. The first kappa shape index (κ1) is 50.8. The molecule has 0 spiro atoms. The van der Waals surface area contributed by atoms with Crippen LogP contribution in [0.5, 0.6) is 0 Å². The van der Waals surface area contributed by atoms with Crippen LogP contribution < -0.4 is 5.11 Å². The molecule has 0 fully saturated rings. The van der Waals surface area contributed by atoms with Gasteiger partial charge in [-0.3, -0.25) is 9.59 Å². The second kappa shape index (κ2) is 36.7. The lowest BCUT2D eigenvalue weighted by atomic mass is 10.1. The molecule has 0 aromatic heterocycles. The lowest BCUT2D eigenvalue weighted by Crippen LogP contribution is -2.55. The minimum Gasteiger partial charge on any atom is -0.544 e. The number of aliphatic carboxylic acids is 1. The molecule has 0 amide bonds. The molecule has 8 heteroatoms. The van der Waals surface area contributed by atoms with Crippen molar-refractivity contribution in [2.75, 3.05) is 41.0 Å². The zero-order chi connectivity index (χ0) is 40.0. The van der Waals surface area contributed by atoms with Crippen LogP contribution in [-0.2, 0) is 28.6 Å². The number of hydrogen-bond donors (Lipinski definition) is 0. The van der Waals surface area contributed by atoms with Crippen LogP contribution in [0.1, 0.15) is 149 Å². The Labute approximate surface area is 330 Å². The monoisotopic (exact) mass is 756 g/mol. The normalized spacial score (nSPS) is 13.7. The highest BCUT2D eigenvalue weighted by atomic mass is 16.6. The highest BCUT2D eigenvalue weighted by Crippen LogP contribution is 2.12. The molecule has 0 saturated heterocycles. The lowest BCUT2D eigenvalue weighted by molar-refractivity contribution is -0.889. The van der Waals surface area contributed by atoms with E-state index < -0.39 is 18.1 Å². The Kier molecular flexibility index (Phi) is 34.5. The van der Waals surface area contributed by atoms with Crippen LogP contribution in [0, 0.1) is 0 Å². The first-order valence-electron chi connectivity index (χ1n) is 21.0. The smallest absolute Gasteiger partial charge is 0.306 e. The Hall–Kier alpha value is -3.23. The Morgan fingerprint density at radius 3 is 1.44 bits per heavy atom. The van der Waals surface area contributed by atoms with Crippen molar-refractivity contribution in [3.05, 3.63) is 72.9 Å². The number of esters is 2. The zero-order valence-corrected chi connectivity index (χ0v) is 34.9. The molecule has 2 atom stereocenters. The van der Waals surface area contributed by atoms with Crippen molar-refractivity contribution in [2.45, 2.75) is 161 Å². The Balaban J connectivity index is 4.43. The number of likely N-dealkylation sites (N-methyl/N-ethyl adjacent to an activating group) is 1. The number of hydrogen-bond acceptors (Lipinski definition) is 7. The van der Waals surface area contributed by atoms with Gasteiger partial charge in [0.2, 0.25) is 0 Å². The standard InChI is InChI=1S/C46H77NO7/c1-6-8-10-12-14-16-18-20-22-23-25-26-28-30-32-34-36-44(48)53-41-42(40-52-39-38-43(46(50)51)47(3,4)5)54-45(49)37-35-33-31-29-27-24-21-19-17-15-13-11-9-7-2/h8-11,14-17,20-22,24,42-43H,6-7,12-13,18-19,23,25-41H2,1-5H3/b10-8+,11-9+,16-14+,17-15+,22-20+,24-21+. The number of ether oxygens (including phenoxy) is 3. The van der Waals surface area contributed by atoms with Crippen LogP contribution in [0.25, 0.3) is 0 Å². The van der Waals surface area contributed by atoms with E-state index in [0.29, 0.717) is 6.42 Å². The van der Waals surface area contributed by atoms with Gasteiger partial charge in [0.1, 0.15) is 12.6 Å². The predicted molar refractivity (Wildman–Crippen MR) is 222 cm³/mol. The summed E-state index contributed by atoms with van der Waals surface area (Å²) in [4.78, 5) is 36.8. The summed E-state index contributed by atoms with van der Waals surface area (Å²) in [5.41, 5.74) is 0. The Bertz CT molecular complexity index is 1110. The number of allylic oxidation sites excluding steroid dienone is 12. The third-order valence-corrected chi connectivity index (χ3v) is 8.84. The first-order valence-corrected chi connectivity index (χ1v) is 21.0. The van der Waals surface area contributed by atoms with Gasteiger partial charge in [-0.25, -0.2) is 0 Å². The number of carboxylic acid groups (broad SMARTS) is 1. The molecule has 0 aliphatic heterocycles. The molecule has 308 valence electrons. The van der Waals surface area contributed by atoms with Gasteiger partial charge < -0.3 is 28.6 Å². The van der Waals surface area contributed by atoms with Crippen molar-refractivity contribution < 1.29 is 38.2 Å². The van der Waals surface area contributed by atoms with Gasteiger partial charge in [0.15, 0.2) is 6.10 Å². The van der Waals surface area contributed by atoms with Gasteiger partial charge in [-0.2, -0.15) is 0 Å². The topological polar surface area (TPSA) is 102 Å². The van der Waals surface area contributed by atoms with Crippen LogP contribution in [0.15, 0.2) is 72.9 Å². The number of carboxylic acids is 1. The number of carbonyl (C=O) groups excluding carboxylic acids is 3. The second-order valence-electron chi connectivity index (χ2n) is 14.8.